The molecular weight excluding hydrogens is 603 g/mol. The van der Waals surface area contributed by atoms with Gasteiger partial charge in [0.2, 0.25) is 5.91 Å². The van der Waals surface area contributed by atoms with Crippen molar-refractivity contribution in [2.24, 2.45) is 0 Å². The van der Waals surface area contributed by atoms with Crippen LogP contribution in [-0.2, 0) is 28.9 Å². The summed E-state index contributed by atoms with van der Waals surface area (Å²) in [6.07, 6.45) is 1.42. The number of nitrogens with one attached hydrogen (secondary N) is 2. The summed E-state index contributed by atoms with van der Waals surface area (Å²) in [7, 11) is 0. The molecule has 6 rings (SSSR count). The van der Waals surface area contributed by atoms with Crippen LogP contribution >= 0.6 is 11.3 Å². The van der Waals surface area contributed by atoms with Crippen molar-refractivity contribution < 1.29 is 28.8 Å². The molecular formula is C31H37FN6O6S. The van der Waals surface area contributed by atoms with Crippen molar-refractivity contribution >= 4 is 27.5 Å². The Morgan fingerprint density at radius 2 is 2.00 bits per heavy atom. The van der Waals surface area contributed by atoms with E-state index >= 15 is 0 Å². The third-order valence-electron chi connectivity index (χ3n) is 8.73. The number of phenolic OH excluding ortho intramolecular Hbond substituents is 1. The first kappa shape index (κ1) is 31.3. The topological polar surface area (TPSA) is 157 Å². The van der Waals surface area contributed by atoms with Crippen LogP contribution in [0.1, 0.15) is 47.0 Å². The van der Waals surface area contributed by atoms with E-state index < -0.39 is 6.10 Å². The first-order valence-corrected chi connectivity index (χ1v) is 15.9. The van der Waals surface area contributed by atoms with E-state index in [9.17, 15) is 24.2 Å². The summed E-state index contributed by atoms with van der Waals surface area (Å²) in [5.74, 6) is -0.328. The first-order chi connectivity index (χ1) is 21.7. The number of hydrogen-bond acceptors (Lipinski definition) is 11. The van der Waals surface area contributed by atoms with Gasteiger partial charge in [0.25, 0.3) is 0 Å². The number of hydrogen-bond donors (Lipinski definition) is 4. The van der Waals surface area contributed by atoms with E-state index in [1.54, 1.807) is 19.1 Å². The number of thiazole rings is 1. The van der Waals surface area contributed by atoms with Gasteiger partial charge in [-0.15, -0.1) is 0 Å². The van der Waals surface area contributed by atoms with Gasteiger partial charge in [0.15, 0.2) is 0 Å². The number of nitrogens with zero attached hydrogens (tertiary/aromatic N) is 4. The monoisotopic (exact) mass is 640 g/mol. The Bertz CT molecular complexity index is 1710. The van der Waals surface area contributed by atoms with Gasteiger partial charge < -0.3 is 30.2 Å². The van der Waals surface area contributed by atoms with Crippen LogP contribution < -0.4 is 10.2 Å². The number of H-pyrrole nitrogens is 1. The summed E-state index contributed by atoms with van der Waals surface area (Å²) in [5, 5.41) is 31.5. The number of morpholine rings is 1. The maximum absolute atomic E-state index is 14.6. The van der Waals surface area contributed by atoms with Crippen molar-refractivity contribution in [2.75, 3.05) is 45.9 Å². The molecule has 4 N–H and O–H groups in total. The molecule has 14 heteroatoms. The molecule has 0 unspecified atom stereocenters. The number of likely N-dealkylation sites (tertiary alicyclic amines) is 1. The van der Waals surface area contributed by atoms with Crippen LogP contribution in [0.15, 0.2) is 39.8 Å². The third kappa shape index (κ3) is 7.25. The minimum absolute atomic E-state index is 0.00755. The number of aromatic hydroxyl groups is 1. The van der Waals surface area contributed by atoms with E-state index in [2.05, 4.69) is 25.5 Å². The number of phenols is 1. The molecule has 4 aromatic rings. The van der Waals surface area contributed by atoms with E-state index in [1.807, 2.05) is 11.0 Å². The van der Waals surface area contributed by atoms with Gasteiger partial charge in [-0.05, 0) is 62.1 Å². The number of aryl methyl sites for hydroxylation is 1. The van der Waals surface area contributed by atoms with Gasteiger partial charge in [0, 0.05) is 44.8 Å². The Labute approximate surface area is 262 Å². The molecule has 0 aliphatic carbocycles. The number of benzene rings is 2. The number of aliphatic hydroxyl groups is 1. The average molecular weight is 641 g/mol. The highest BCUT2D eigenvalue weighted by molar-refractivity contribution is 7.16. The molecule has 2 fully saturated rings. The Balaban J connectivity index is 0.981. The standard InChI is InChI=1S/C31H37FN6O6S/c1-19-24(36-44-35-19)15-27(41)38-10-11-43-31(18-38)5-8-37(9-6-31)17-21-12-20(13-22(32)14-21)4-7-33-16-26(40)23-2-3-25(39)28-29(23)45-30(42)34-28/h2-3,12-14,26,33,39-40H,4-11,15-18H2,1H3,(H,34,42)/t26-/m0/s1. The number of aliphatic hydroxyl groups excluding tert-OH is 1. The Morgan fingerprint density at radius 3 is 2.78 bits per heavy atom. The molecule has 240 valence electrons. The SMILES string of the molecule is Cc1nonc1CC(=O)N1CCOC2(CCN(Cc3cc(F)cc(CCNC[C@H](O)c4ccc(O)c5[nH]c(=O)sc45)c3)CC2)C1. The number of carbonyl (C=O) groups is 1. The summed E-state index contributed by atoms with van der Waals surface area (Å²) in [4.78, 5) is 31.2. The average Bonchev–Trinajstić information content (AvgIpc) is 3.61. The van der Waals surface area contributed by atoms with Crippen LogP contribution in [0.2, 0.25) is 0 Å². The lowest BCUT2D eigenvalue weighted by Crippen LogP contribution is -2.58. The van der Waals surface area contributed by atoms with Gasteiger partial charge in [-0.3, -0.25) is 14.5 Å². The minimum Gasteiger partial charge on any atom is -0.506 e. The molecule has 2 aliphatic heterocycles. The van der Waals surface area contributed by atoms with E-state index in [0.29, 0.717) is 66.4 Å². The number of rotatable bonds is 10. The van der Waals surface area contributed by atoms with Crippen molar-refractivity contribution in [1.82, 2.24) is 30.4 Å². The maximum atomic E-state index is 14.6. The normalized spacial score (nSPS) is 17.7. The molecule has 1 atom stereocenters. The lowest BCUT2D eigenvalue weighted by Gasteiger charge is -2.47. The number of aromatic nitrogens is 3. The molecule has 2 aromatic carbocycles. The second kappa shape index (κ2) is 13.3. The van der Waals surface area contributed by atoms with Crippen molar-refractivity contribution in [3.8, 4) is 5.75 Å². The largest absolute Gasteiger partial charge is 0.506 e. The predicted molar refractivity (Wildman–Crippen MR) is 165 cm³/mol. The third-order valence-corrected chi connectivity index (χ3v) is 9.66. The molecule has 4 heterocycles. The van der Waals surface area contributed by atoms with Crippen LogP contribution in [0.5, 0.6) is 5.75 Å². The highest BCUT2D eigenvalue weighted by Crippen LogP contribution is 2.32. The van der Waals surface area contributed by atoms with Crippen molar-refractivity contribution in [2.45, 2.75) is 50.9 Å². The smallest absolute Gasteiger partial charge is 0.305 e. The molecule has 0 radical (unpaired) electrons. The van der Waals surface area contributed by atoms with Gasteiger partial charge in [-0.25, -0.2) is 9.02 Å². The fourth-order valence-corrected chi connectivity index (χ4v) is 7.16. The van der Waals surface area contributed by atoms with E-state index in [-0.39, 0.29) is 40.9 Å². The van der Waals surface area contributed by atoms with E-state index in [4.69, 9.17) is 9.37 Å². The van der Waals surface area contributed by atoms with Crippen molar-refractivity contribution in [3.63, 3.8) is 0 Å². The van der Waals surface area contributed by atoms with E-state index in [1.165, 1.54) is 12.1 Å². The second-order valence-electron chi connectivity index (χ2n) is 11.9. The van der Waals surface area contributed by atoms with Crippen LogP contribution in [0.3, 0.4) is 0 Å². The molecule has 2 aromatic heterocycles. The van der Waals surface area contributed by atoms with Gasteiger partial charge in [0.05, 0.1) is 29.4 Å². The van der Waals surface area contributed by atoms with Crippen LogP contribution in [0.25, 0.3) is 10.2 Å². The number of ether oxygens (including phenoxy) is 1. The lowest BCUT2D eigenvalue weighted by atomic mass is 9.89. The van der Waals surface area contributed by atoms with Crippen molar-refractivity contribution in [3.05, 3.63) is 73.9 Å². The number of carbonyl (C=O) groups excluding carboxylic acids is 1. The summed E-state index contributed by atoms with van der Waals surface area (Å²) in [6.45, 7) is 6.29. The number of halogens is 1. The summed E-state index contributed by atoms with van der Waals surface area (Å²) in [5.41, 5.74) is 3.45. The molecule has 45 heavy (non-hydrogen) atoms. The highest BCUT2D eigenvalue weighted by Gasteiger charge is 2.41. The highest BCUT2D eigenvalue weighted by atomic mass is 32.1. The Morgan fingerprint density at radius 1 is 1.20 bits per heavy atom. The maximum Gasteiger partial charge on any atom is 0.305 e. The molecule has 0 saturated carbocycles. The Hall–Kier alpha value is -3.69. The Kier molecular flexibility index (Phi) is 9.28. The second-order valence-corrected chi connectivity index (χ2v) is 12.9. The number of amides is 1. The summed E-state index contributed by atoms with van der Waals surface area (Å²) in [6, 6.07) is 8.20. The summed E-state index contributed by atoms with van der Waals surface area (Å²) < 4.78 is 26.1. The molecule has 0 bridgehead atoms. The van der Waals surface area contributed by atoms with Gasteiger partial charge in [-0.1, -0.05) is 33.8 Å². The van der Waals surface area contributed by atoms with Gasteiger partial charge >= 0.3 is 4.87 Å². The van der Waals surface area contributed by atoms with Crippen molar-refractivity contribution in [1.29, 1.82) is 0 Å². The van der Waals surface area contributed by atoms with Crippen LogP contribution in [0, 0.1) is 12.7 Å². The quantitative estimate of drug-likeness (QED) is 0.190. The first-order valence-electron chi connectivity index (χ1n) is 15.1. The zero-order valence-electron chi connectivity index (χ0n) is 25.1. The molecule has 2 saturated heterocycles. The fourth-order valence-electron chi connectivity index (χ4n) is 6.24. The zero-order chi connectivity index (χ0) is 31.6. The van der Waals surface area contributed by atoms with Gasteiger partial charge in [-0.2, -0.15) is 0 Å². The lowest BCUT2D eigenvalue weighted by molar-refractivity contribution is -0.159. The number of piperidine rings is 1. The molecule has 2 aliphatic rings. The molecule has 1 spiro atoms. The molecule has 1 amide bonds. The van der Waals surface area contributed by atoms with Crippen LogP contribution in [-0.4, -0.2) is 92.7 Å². The van der Waals surface area contributed by atoms with Crippen LogP contribution in [0.4, 0.5) is 4.39 Å². The number of aromatic amines is 1. The number of fused-ring (bicyclic) bond motifs is 1. The van der Waals surface area contributed by atoms with E-state index in [0.717, 1.165) is 48.4 Å². The summed E-state index contributed by atoms with van der Waals surface area (Å²) >= 11 is 0.949. The fraction of sp³-hybridized carbons (Fsp3) is 0.484. The predicted octanol–water partition coefficient (Wildman–Crippen LogP) is 2.43. The molecule has 12 nitrogen and oxygen atoms in total. The minimum atomic E-state index is -0.877. The van der Waals surface area contributed by atoms with Gasteiger partial charge in [0.1, 0.15) is 28.5 Å². The zero-order valence-corrected chi connectivity index (χ0v) is 25.9.